The fourth-order valence-electron chi connectivity index (χ4n) is 3.64. The number of fused-ring (bicyclic) bond motifs is 1. The van der Waals surface area contributed by atoms with Crippen LogP contribution in [0.15, 0.2) is 90.4 Å². The van der Waals surface area contributed by atoms with Crippen molar-refractivity contribution in [3.8, 4) is 11.5 Å². The Morgan fingerprint density at radius 3 is 2.77 bits per heavy atom. The molecule has 35 heavy (non-hydrogen) atoms. The quantitative estimate of drug-likeness (QED) is 0.330. The number of allylic oxidation sites excluding steroid dienone is 1. The molecule has 0 aliphatic heterocycles. The number of aromatic nitrogens is 6. The van der Waals surface area contributed by atoms with Crippen LogP contribution in [0.1, 0.15) is 5.56 Å². The maximum atomic E-state index is 12.8. The number of benzene rings is 2. The zero-order chi connectivity index (χ0) is 24.4. The molecular weight excluding hydrogens is 484 g/mol. The number of hydrogen-bond acceptors (Lipinski definition) is 6. The van der Waals surface area contributed by atoms with Crippen molar-refractivity contribution in [1.29, 1.82) is 0 Å². The van der Waals surface area contributed by atoms with Gasteiger partial charge in [0.05, 0.1) is 29.8 Å². The Hall–Kier alpha value is -3.86. The van der Waals surface area contributed by atoms with Crippen LogP contribution in [0.3, 0.4) is 0 Å². The monoisotopic (exact) mass is 504 g/mol. The predicted octanol–water partition coefficient (Wildman–Crippen LogP) is 4.06. The first-order valence-corrected chi connectivity index (χ1v) is 12.2. The molecule has 0 aliphatic carbocycles. The number of pyridine rings is 1. The summed E-state index contributed by atoms with van der Waals surface area (Å²) in [5, 5.41) is 16.8. The highest BCUT2D eigenvalue weighted by Crippen LogP contribution is 2.24. The number of nitrogens with zero attached hydrogens (tertiary/aromatic N) is 6. The highest BCUT2D eigenvalue weighted by atomic mass is 35.5. The van der Waals surface area contributed by atoms with E-state index in [4.69, 9.17) is 11.6 Å². The van der Waals surface area contributed by atoms with E-state index in [1.807, 2.05) is 48.5 Å². The van der Waals surface area contributed by atoms with Gasteiger partial charge in [0, 0.05) is 17.1 Å². The Kier molecular flexibility index (Phi) is 6.41. The van der Waals surface area contributed by atoms with Crippen LogP contribution in [0.5, 0.6) is 0 Å². The molecule has 5 rings (SSSR count). The lowest BCUT2D eigenvalue weighted by atomic mass is 10.1. The van der Waals surface area contributed by atoms with Crippen molar-refractivity contribution in [2.75, 3.05) is 12.4 Å². The van der Waals surface area contributed by atoms with E-state index < -0.39 is 11.0 Å². The first-order valence-electron chi connectivity index (χ1n) is 10.7. The van der Waals surface area contributed by atoms with Crippen LogP contribution >= 0.6 is 11.6 Å². The van der Waals surface area contributed by atoms with Crippen LogP contribution in [-0.2, 0) is 17.4 Å². The average molecular weight is 505 g/mol. The molecule has 9 nitrogen and oxygen atoms in total. The Balaban J connectivity index is 1.43. The van der Waals surface area contributed by atoms with E-state index in [0.717, 1.165) is 22.3 Å². The number of para-hydroxylation sites is 1. The summed E-state index contributed by atoms with van der Waals surface area (Å²) in [5.41, 5.74) is 4.68. The molecule has 3 aromatic heterocycles. The van der Waals surface area contributed by atoms with E-state index in [-0.39, 0.29) is 0 Å². The molecule has 2 aromatic carbocycles. The zero-order valence-corrected chi connectivity index (χ0v) is 20.3. The van der Waals surface area contributed by atoms with Crippen molar-refractivity contribution in [3.63, 3.8) is 0 Å². The molecule has 0 saturated heterocycles. The average Bonchev–Trinajstić information content (AvgIpc) is 3.52. The van der Waals surface area contributed by atoms with E-state index in [0.29, 0.717) is 33.5 Å². The molecule has 0 spiro atoms. The normalized spacial score (nSPS) is 12.1. The summed E-state index contributed by atoms with van der Waals surface area (Å²) in [5.74, 6) is 0.427. The minimum absolute atomic E-state index is 0.427. The van der Waals surface area contributed by atoms with E-state index >= 15 is 0 Å². The summed E-state index contributed by atoms with van der Waals surface area (Å²) in [6.45, 7) is 4.10. The van der Waals surface area contributed by atoms with Crippen LogP contribution in [-0.4, -0.2) is 41.0 Å². The maximum Gasteiger partial charge on any atom is 0.171 e. The van der Waals surface area contributed by atoms with Crippen molar-refractivity contribution >= 4 is 39.3 Å². The predicted molar refractivity (Wildman–Crippen MR) is 137 cm³/mol. The molecule has 176 valence electrons. The topological polar surface area (TPSA) is 103 Å². The van der Waals surface area contributed by atoms with Crippen LogP contribution in [0, 0.1) is 0 Å². The number of hydrogen-bond donors (Lipinski definition) is 2. The largest absolute Gasteiger partial charge is 0.358 e. The highest BCUT2D eigenvalue weighted by molar-refractivity contribution is 7.83. The number of anilines is 1. The van der Waals surface area contributed by atoms with Gasteiger partial charge in [-0.15, -0.1) is 5.10 Å². The van der Waals surface area contributed by atoms with Crippen molar-refractivity contribution < 1.29 is 4.21 Å². The van der Waals surface area contributed by atoms with Gasteiger partial charge in [-0.05, 0) is 36.9 Å². The molecule has 0 aliphatic rings. The van der Waals surface area contributed by atoms with Gasteiger partial charge in [-0.2, -0.15) is 5.10 Å². The van der Waals surface area contributed by atoms with Gasteiger partial charge in [0.2, 0.25) is 0 Å². The first-order chi connectivity index (χ1) is 17.0. The molecule has 0 bridgehead atoms. The second-order valence-corrected chi connectivity index (χ2v) is 9.44. The van der Waals surface area contributed by atoms with E-state index in [1.54, 1.807) is 41.1 Å². The number of halogens is 1. The smallest absolute Gasteiger partial charge is 0.171 e. The van der Waals surface area contributed by atoms with Gasteiger partial charge in [-0.25, -0.2) is 23.3 Å². The van der Waals surface area contributed by atoms with Gasteiger partial charge < -0.3 is 5.32 Å². The van der Waals surface area contributed by atoms with Crippen molar-refractivity contribution in [2.45, 2.75) is 11.3 Å². The summed E-state index contributed by atoms with van der Waals surface area (Å²) in [4.78, 5) is 5.00. The fraction of sp³-hybridized carbons (Fsp3) is 0.0833. The van der Waals surface area contributed by atoms with Gasteiger partial charge in [-0.1, -0.05) is 53.7 Å². The minimum Gasteiger partial charge on any atom is -0.358 e. The van der Waals surface area contributed by atoms with Gasteiger partial charge in [-0.3, -0.25) is 0 Å². The van der Waals surface area contributed by atoms with Crippen LogP contribution < -0.4 is 10.0 Å². The van der Waals surface area contributed by atoms with Gasteiger partial charge in [0.15, 0.2) is 5.82 Å². The first kappa shape index (κ1) is 22.9. The maximum absolute atomic E-state index is 12.8. The molecular formula is C24H21ClN8OS. The van der Waals surface area contributed by atoms with Gasteiger partial charge in [0.1, 0.15) is 27.1 Å². The molecule has 0 saturated carbocycles. The highest BCUT2D eigenvalue weighted by Gasteiger charge is 2.16. The Labute approximate surface area is 209 Å². The molecule has 0 fully saturated rings. The van der Waals surface area contributed by atoms with Crippen LogP contribution in [0.2, 0.25) is 5.02 Å². The van der Waals surface area contributed by atoms with E-state index in [1.165, 1.54) is 0 Å². The minimum atomic E-state index is -1.52. The lowest BCUT2D eigenvalue weighted by Gasteiger charge is -2.13. The molecule has 0 radical (unpaired) electrons. The second kappa shape index (κ2) is 9.79. The fourth-order valence-corrected chi connectivity index (χ4v) is 4.61. The third kappa shape index (κ3) is 4.72. The van der Waals surface area contributed by atoms with Gasteiger partial charge >= 0.3 is 0 Å². The zero-order valence-electron chi connectivity index (χ0n) is 18.7. The lowest BCUT2D eigenvalue weighted by Crippen LogP contribution is -2.15. The molecule has 1 unspecified atom stereocenters. The standard InChI is InChI=1S/C24H21ClN8OS/c1-16(11-17-7-3-4-8-20(17)25)29-18-12-23(35(34)26-2)24(27-13-18)32-15-19(14-28-32)33-22-10-6-5-9-21(22)30-31-33/h3-10,12-15,26,29H,1,11H2,2H3. The Bertz CT molecular complexity index is 1560. The SMILES string of the molecule is C=C(Cc1ccccc1Cl)Nc1cnc(-n2cc(-n3nnc4ccccc43)cn2)c(S(=O)NC)c1. The van der Waals surface area contributed by atoms with Gasteiger partial charge in [0.25, 0.3) is 0 Å². The van der Waals surface area contributed by atoms with E-state index in [9.17, 15) is 4.21 Å². The van der Waals surface area contributed by atoms with Crippen molar-refractivity contribution in [1.82, 2.24) is 34.5 Å². The summed E-state index contributed by atoms with van der Waals surface area (Å²) in [7, 11) is 0.0997. The third-order valence-corrected chi connectivity index (χ3v) is 6.72. The molecule has 3 heterocycles. The number of rotatable bonds is 8. The molecule has 1 atom stereocenters. The summed E-state index contributed by atoms with van der Waals surface area (Å²) in [6.07, 6.45) is 5.62. The Morgan fingerprint density at radius 1 is 1.14 bits per heavy atom. The van der Waals surface area contributed by atoms with Crippen LogP contribution in [0.25, 0.3) is 22.5 Å². The number of nitrogens with one attached hydrogen (secondary N) is 2. The molecule has 2 N–H and O–H groups in total. The third-order valence-electron chi connectivity index (χ3n) is 5.28. The van der Waals surface area contributed by atoms with Crippen molar-refractivity contribution in [3.05, 3.63) is 96.0 Å². The van der Waals surface area contributed by atoms with Crippen molar-refractivity contribution in [2.24, 2.45) is 0 Å². The Morgan fingerprint density at radius 2 is 1.94 bits per heavy atom. The summed E-state index contributed by atoms with van der Waals surface area (Å²) in [6, 6.07) is 17.0. The second-order valence-electron chi connectivity index (χ2n) is 7.65. The summed E-state index contributed by atoms with van der Waals surface area (Å²) < 4.78 is 18.9. The molecule has 5 aromatic rings. The molecule has 11 heteroatoms. The molecule has 0 amide bonds. The van der Waals surface area contributed by atoms with Crippen LogP contribution in [0.4, 0.5) is 5.69 Å². The summed E-state index contributed by atoms with van der Waals surface area (Å²) >= 11 is 6.27. The van der Waals surface area contributed by atoms with E-state index in [2.05, 4.69) is 37.0 Å². The lowest BCUT2D eigenvalue weighted by molar-refractivity contribution is 0.675.